The molecule has 7 heteroatoms. The van der Waals surface area contributed by atoms with E-state index in [2.05, 4.69) is 10.3 Å². The fourth-order valence-corrected chi connectivity index (χ4v) is 4.35. The molecule has 2 fully saturated rings. The van der Waals surface area contributed by atoms with Crippen LogP contribution in [-0.4, -0.2) is 46.9 Å². The first-order chi connectivity index (χ1) is 11.7. The number of carbonyl (C=O) groups is 1. The molecule has 0 radical (unpaired) electrons. The van der Waals surface area contributed by atoms with Crippen molar-refractivity contribution in [3.63, 3.8) is 0 Å². The number of amides is 1. The van der Waals surface area contributed by atoms with E-state index in [4.69, 9.17) is 9.47 Å². The van der Waals surface area contributed by atoms with Crippen molar-refractivity contribution in [2.45, 2.75) is 44.4 Å². The number of hydrogen-bond acceptors (Lipinski definition) is 5. The molecule has 0 bridgehead atoms. The van der Waals surface area contributed by atoms with Crippen LogP contribution in [-0.2, 0) is 9.47 Å². The minimum absolute atomic E-state index is 0.0383. The maximum Gasteiger partial charge on any atom is 0.263 e. The number of aryl methyl sites for hydroxylation is 1. The highest BCUT2D eigenvalue weighted by atomic mass is 32.1. The Balaban J connectivity index is 1.43. The second kappa shape index (κ2) is 6.66. The van der Waals surface area contributed by atoms with Gasteiger partial charge in [-0.1, -0.05) is 11.3 Å². The Morgan fingerprint density at radius 1 is 1.25 bits per heavy atom. The lowest BCUT2D eigenvalue weighted by molar-refractivity contribution is -0.157. The van der Waals surface area contributed by atoms with E-state index in [0.717, 1.165) is 30.1 Å². The topological polar surface area (TPSA) is 65.4 Å². The summed E-state index contributed by atoms with van der Waals surface area (Å²) in [4.78, 5) is 17.8. The van der Waals surface area contributed by atoms with Gasteiger partial charge in [-0.3, -0.25) is 4.79 Å². The van der Waals surface area contributed by atoms with Crippen LogP contribution in [0.1, 0.15) is 34.6 Å². The zero-order valence-electron chi connectivity index (χ0n) is 13.6. The lowest BCUT2D eigenvalue weighted by atomic mass is 9.89. The van der Waals surface area contributed by atoms with Crippen LogP contribution in [0.2, 0.25) is 0 Å². The number of ether oxygens (including phenoxy) is 2. The van der Waals surface area contributed by atoms with Gasteiger partial charge >= 0.3 is 0 Å². The Morgan fingerprint density at radius 3 is 2.79 bits per heavy atom. The van der Waals surface area contributed by atoms with Crippen molar-refractivity contribution in [1.29, 1.82) is 0 Å². The van der Waals surface area contributed by atoms with E-state index in [1.807, 2.05) is 36.0 Å². The van der Waals surface area contributed by atoms with Crippen LogP contribution >= 0.6 is 11.3 Å². The summed E-state index contributed by atoms with van der Waals surface area (Å²) in [6.45, 7) is 3.21. The Labute approximate surface area is 144 Å². The van der Waals surface area contributed by atoms with E-state index in [1.165, 1.54) is 11.3 Å². The number of hydrogen-bond donors (Lipinski definition) is 1. The lowest BCUT2D eigenvalue weighted by Gasteiger charge is -2.39. The molecule has 0 spiro atoms. The Morgan fingerprint density at radius 2 is 2.00 bits per heavy atom. The summed E-state index contributed by atoms with van der Waals surface area (Å²) in [5.41, 5.74) is 0.770. The standard InChI is InChI=1S/C17H21N3O3S/c1-11-15(24-17(18-11)20-6-2-3-7-20)16(21)19-12-4-5-13-14(10-12)23-9-8-22-13/h2-3,6-7,12-14H,4-5,8-10H2,1H3,(H,19,21). The van der Waals surface area contributed by atoms with Crippen LogP contribution in [0.5, 0.6) is 0 Å². The molecule has 2 aliphatic rings. The highest BCUT2D eigenvalue weighted by Crippen LogP contribution is 2.28. The molecule has 1 aliphatic heterocycles. The quantitative estimate of drug-likeness (QED) is 0.925. The van der Waals surface area contributed by atoms with Crippen LogP contribution in [0.15, 0.2) is 24.5 Å². The van der Waals surface area contributed by atoms with Crippen molar-refractivity contribution in [3.05, 3.63) is 35.1 Å². The average Bonchev–Trinajstić information content (AvgIpc) is 3.24. The van der Waals surface area contributed by atoms with Crippen molar-refractivity contribution < 1.29 is 14.3 Å². The first-order valence-corrected chi connectivity index (χ1v) is 9.17. The predicted octanol–water partition coefficient (Wildman–Crippen LogP) is 2.31. The average molecular weight is 347 g/mol. The predicted molar refractivity (Wildman–Crippen MR) is 90.8 cm³/mol. The molecular weight excluding hydrogens is 326 g/mol. The van der Waals surface area contributed by atoms with Crippen LogP contribution < -0.4 is 5.32 Å². The first kappa shape index (κ1) is 15.8. The molecule has 3 unspecified atom stereocenters. The van der Waals surface area contributed by atoms with Gasteiger partial charge in [0.25, 0.3) is 5.91 Å². The summed E-state index contributed by atoms with van der Waals surface area (Å²) in [6.07, 6.45) is 6.85. The Kier molecular flexibility index (Phi) is 4.39. The molecular formula is C17H21N3O3S. The summed E-state index contributed by atoms with van der Waals surface area (Å²) < 4.78 is 13.4. The van der Waals surface area contributed by atoms with E-state index in [1.54, 1.807) is 0 Å². The van der Waals surface area contributed by atoms with Crippen molar-refractivity contribution in [3.8, 4) is 5.13 Å². The van der Waals surface area contributed by atoms with Gasteiger partial charge in [-0.25, -0.2) is 4.98 Å². The van der Waals surface area contributed by atoms with Gasteiger partial charge in [-0.05, 0) is 38.3 Å². The Hall–Kier alpha value is -1.70. The summed E-state index contributed by atoms with van der Waals surface area (Å²) in [5.74, 6) is -0.0383. The van der Waals surface area contributed by atoms with Gasteiger partial charge in [0.1, 0.15) is 4.88 Å². The summed E-state index contributed by atoms with van der Waals surface area (Å²) in [7, 11) is 0. The molecule has 1 N–H and O–H groups in total. The van der Waals surface area contributed by atoms with Gasteiger partial charge in [0.15, 0.2) is 5.13 Å². The van der Waals surface area contributed by atoms with Gasteiger partial charge in [0, 0.05) is 18.4 Å². The van der Waals surface area contributed by atoms with Gasteiger partial charge < -0.3 is 19.4 Å². The molecule has 2 aromatic rings. The third-order valence-corrected chi connectivity index (χ3v) is 5.80. The SMILES string of the molecule is Cc1nc(-n2cccc2)sc1C(=O)NC1CCC2OCCOC2C1. The Bertz CT molecular complexity index is 713. The molecule has 1 aliphatic carbocycles. The van der Waals surface area contributed by atoms with E-state index in [9.17, 15) is 4.79 Å². The summed E-state index contributed by atoms with van der Waals surface area (Å²) in [5, 5.41) is 3.97. The lowest BCUT2D eigenvalue weighted by Crippen LogP contribution is -2.49. The minimum Gasteiger partial charge on any atom is -0.373 e. The van der Waals surface area contributed by atoms with E-state index < -0.39 is 0 Å². The van der Waals surface area contributed by atoms with Crippen molar-refractivity contribution in [2.75, 3.05) is 13.2 Å². The van der Waals surface area contributed by atoms with Gasteiger partial charge in [-0.15, -0.1) is 0 Å². The molecule has 0 aromatic carbocycles. The van der Waals surface area contributed by atoms with Crippen LogP contribution in [0, 0.1) is 6.92 Å². The molecule has 1 saturated heterocycles. The number of fused-ring (bicyclic) bond motifs is 1. The highest BCUT2D eigenvalue weighted by Gasteiger charge is 2.35. The fraction of sp³-hybridized carbons (Fsp3) is 0.529. The molecule has 1 saturated carbocycles. The molecule has 4 rings (SSSR count). The molecule has 2 aromatic heterocycles. The van der Waals surface area contributed by atoms with Gasteiger partial charge in [0.05, 0.1) is 31.1 Å². The van der Waals surface area contributed by atoms with Gasteiger partial charge in [0.2, 0.25) is 0 Å². The smallest absolute Gasteiger partial charge is 0.263 e. The van der Waals surface area contributed by atoms with Crippen LogP contribution in [0.25, 0.3) is 5.13 Å². The molecule has 24 heavy (non-hydrogen) atoms. The normalized spacial score (nSPS) is 26.8. The number of rotatable bonds is 3. The molecule has 3 heterocycles. The van der Waals surface area contributed by atoms with Crippen LogP contribution in [0.4, 0.5) is 0 Å². The number of carbonyl (C=O) groups excluding carboxylic acids is 1. The summed E-state index contributed by atoms with van der Waals surface area (Å²) in [6, 6.07) is 4.03. The van der Waals surface area contributed by atoms with E-state index in [0.29, 0.717) is 18.1 Å². The highest BCUT2D eigenvalue weighted by molar-refractivity contribution is 7.16. The fourth-order valence-electron chi connectivity index (χ4n) is 3.41. The maximum absolute atomic E-state index is 12.7. The summed E-state index contributed by atoms with van der Waals surface area (Å²) >= 11 is 1.42. The van der Waals surface area contributed by atoms with E-state index in [-0.39, 0.29) is 24.2 Å². The van der Waals surface area contributed by atoms with Gasteiger partial charge in [-0.2, -0.15) is 0 Å². The number of thiazole rings is 1. The zero-order valence-corrected chi connectivity index (χ0v) is 14.4. The van der Waals surface area contributed by atoms with E-state index >= 15 is 0 Å². The van der Waals surface area contributed by atoms with Crippen LogP contribution in [0.3, 0.4) is 0 Å². The number of aromatic nitrogens is 2. The number of nitrogens with zero attached hydrogens (tertiary/aromatic N) is 2. The second-order valence-electron chi connectivity index (χ2n) is 6.30. The molecule has 6 nitrogen and oxygen atoms in total. The largest absolute Gasteiger partial charge is 0.373 e. The maximum atomic E-state index is 12.7. The first-order valence-electron chi connectivity index (χ1n) is 8.35. The molecule has 3 atom stereocenters. The number of nitrogens with one attached hydrogen (secondary N) is 1. The van der Waals surface area contributed by atoms with Crippen molar-refractivity contribution >= 4 is 17.2 Å². The monoisotopic (exact) mass is 347 g/mol. The zero-order chi connectivity index (χ0) is 16.5. The van der Waals surface area contributed by atoms with Crippen molar-refractivity contribution in [2.24, 2.45) is 0 Å². The second-order valence-corrected chi connectivity index (χ2v) is 7.28. The minimum atomic E-state index is -0.0383. The molecule has 1 amide bonds. The third-order valence-electron chi connectivity index (χ3n) is 4.63. The van der Waals surface area contributed by atoms with Crippen molar-refractivity contribution in [1.82, 2.24) is 14.9 Å². The molecule has 128 valence electrons. The third kappa shape index (κ3) is 3.11.